The second-order valence-electron chi connectivity index (χ2n) is 7.29. The first kappa shape index (κ1) is 19.9. The largest absolute Gasteiger partial charge is 0.494 e. The molecule has 0 bridgehead atoms. The van der Waals surface area contributed by atoms with Crippen molar-refractivity contribution in [3.05, 3.63) is 65.2 Å². The number of ether oxygens (including phenoxy) is 1. The van der Waals surface area contributed by atoms with E-state index < -0.39 is 5.91 Å². The van der Waals surface area contributed by atoms with Gasteiger partial charge in [0.15, 0.2) is 0 Å². The van der Waals surface area contributed by atoms with Gasteiger partial charge in [0.1, 0.15) is 5.75 Å². The molecule has 148 valence electrons. The molecule has 0 aromatic heterocycles. The first-order valence-corrected chi connectivity index (χ1v) is 9.97. The summed E-state index contributed by atoms with van der Waals surface area (Å²) in [5.74, 6) is 1.11. The van der Waals surface area contributed by atoms with Crippen molar-refractivity contribution in [2.45, 2.75) is 32.6 Å². The zero-order valence-electron chi connectivity index (χ0n) is 16.4. The van der Waals surface area contributed by atoms with Crippen molar-refractivity contribution in [1.29, 1.82) is 0 Å². The number of primary amides is 1. The molecule has 28 heavy (non-hydrogen) atoms. The molecule has 5 heteroatoms. The third-order valence-electron chi connectivity index (χ3n) is 5.39. The van der Waals surface area contributed by atoms with E-state index in [0.717, 1.165) is 44.5 Å². The summed E-state index contributed by atoms with van der Waals surface area (Å²) in [6.07, 6.45) is 4.26. The topological polar surface area (TPSA) is 72.6 Å². The minimum atomic E-state index is -0.479. The van der Waals surface area contributed by atoms with Crippen LogP contribution in [0.5, 0.6) is 5.75 Å². The lowest BCUT2D eigenvalue weighted by Crippen LogP contribution is -2.38. The Balaban J connectivity index is 1.46. The second kappa shape index (κ2) is 9.40. The number of carbonyl (C=O) groups is 2. The number of hydrogen-bond donors (Lipinski definition) is 1. The molecule has 0 spiro atoms. The van der Waals surface area contributed by atoms with E-state index in [-0.39, 0.29) is 5.91 Å². The predicted octanol–water partition coefficient (Wildman–Crippen LogP) is 3.67. The fraction of sp³-hybridized carbons (Fsp3) is 0.391. The monoisotopic (exact) mass is 380 g/mol. The fourth-order valence-corrected chi connectivity index (χ4v) is 3.67. The van der Waals surface area contributed by atoms with Crippen LogP contribution in [0.4, 0.5) is 0 Å². The summed E-state index contributed by atoms with van der Waals surface area (Å²) in [5, 5.41) is 0. The number of nitrogens with zero attached hydrogens (tertiary/aromatic N) is 1. The van der Waals surface area contributed by atoms with Crippen molar-refractivity contribution >= 4 is 11.8 Å². The number of nitrogens with two attached hydrogens (primary N) is 1. The Labute approximate surface area is 166 Å². The van der Waals surface area contributed by atoms with E-state index in [9.17, 15) is 9.59 Å². The highest BCUT2D eigenvalue weighted by molar-refractivity contribution is 5.97. The quantitative estimate of drug-likeness (QED) is 0.796. The van der Waals surface area contributed by atoms with Gasteiger partial charge in [-0.3, -0.25) is 9.59 Å². The summed E-state index contributed by atoms with van der Waals surface area (Å²) in [5.41, 5.74) is 7.61. The predicted molar refractivity (Wildman–Crippen MR) is 110 cm³/mol. The molecule has 0 saturated carbocycles. The first-order chi connectivity index (χ1) is 13.6. The van der Waals surface area contributed by atoms with Gasteiger partial charge in [-0.25, -0.2) is 0 Å². The van der Waals surface area contributed by atoms with E-state index in [1.54, 1.807) is 24.3 Å². The molecule has 5 nitrogen and oxygen atoms in total. The number of benzene rings is 2. The molecule has 1 saturated heterocycles. The molecule has 1 aliphatic rings. The molecule has 1 aliphatic heterocycles. The van der Waals surface area contributed by atoms with Gasteiger partial charge in [0.25, 0.3) is 5.91 Å². The average Bonchev–Trinajstić information content (AvgIpc) is 2.73. The summed E-state index contributed by atoms with van der Waals surface area (Å²) in [6, 6.07) is 14.9. The van der Waals surface area contributed by atoms with Crippen molar-refractivity contribution in [3.8, 4) is 5.75 Å². The molecule has 1 fully saturated rings. The zero-order chi connectivity index (χ0) is 19.9. The van der Waals surface area contributed by atoms with Crippen molar-refractivity contribution in [1.82, 2.24) is 4.90 Å². The number of rotatable bonds is 7. The van der Waals surface area contributed by atoms with Gasteiger partial charge >= 0.3 is 0 Å². The molecule has 0 atom stereocenters. The van der Waals surface area contributed by atoms with Crippen LogP contribution in [0.3, 0.4) is 0 Å². The van der Waals surface area contributed by atoms with Crippen LogP contribution >= 0.6 is 0 Å². The molecule has 0 unspecified atom stereocenters. The van der Waals surface area contributed by atoms with Crippen LogP contribution in [0.15, 0.2) is 48.5 Å². The molecule has 2 aromatic rings. The van der Waals surface area contributed by atoms with Gasteiger partial charge in [0.2, 0.25) is 5.91 Å². The van der Waals surface area contributed by atoms with E-state index in [4.69, 9.17) is 10.5 Å². The van der Waals surface area contributed by atoms with Crippen LogP contribution in [0.1, 0.15) is 52.5 Å². The SMILES string of the molecule is CCOc1ccc(CCC2CCN(C(=O)c3ccc(C(N)=O)cc3)CC2)cc1. The second-order valence-corrected chi connectivity index (χ2v) is 7.29. The van der Waals surface area contributed by atoms with Crippen LogP contribution in [0.25, 0.3) is 0 Å². The minimum absolute atomic E-state index is 0.0287. The maximum Gasteiger partial charge on any atom is 0.253 e. The minimum Gasteiger partial charge on any atom is -0.494 e. The Morgan fingerprint density at radius 3 is 2.18 bits per heavy atom. The van der Waals surface area contributed by atoms with E-state index in [1.165, 1.54) is 5.56 Å². The van der Waals surface area contributed by atoms with E-state index in [1.807, 2.05) is 24.0 Å². The maximum absolute atomic E-state index is 12.6. The Kier molecular flexibility index (Phi) is 6.69. The van der Waals surface area contributed by atoms with Crippen LogP contribution in [0, 0.1) is 5.92 Å². The van der Waals surface area contributed by atoms with Gasteiger partial charge in [-0.15, -0.1) is 0 Å². The number of aryl methyl sites for hydroxylation is 1. The van der Waals surface area contributed by atoms with Crippen LogP contribution < -0.4 is 10.5 Å². The third kappa shape index (κ3) is 5.12. The highest BCUT2D eigenvalue weighted by Crippen LogP contribution is 2.24. The van der Waals surface area contributed by atoms with Crippen LogP contribution in [-0.4, -0.2) is 36.4 Å². The summed E-state index contributed by atoms with van der Waals surface area (Å²) in [7, 11) is 0. The van der Waals surface area contributed by atoms with Gasteiger partial charge in [-0.05, 0) is 80.5 Å². The Bertz CT molecular complexity index is 792. The van der Waals surface area contributed by atoms with Gasteiger partial charge in [-0.1, -0.05) is 12.1 Å². The van der Waals surface area contributed by atoms with Gasteiger partial charge < -0.3 is 15.4 Å². The van der Waals surface area contributed by atoms with Crippen LogP contribution in [0.2, 0.25) is 0 Å². The van der Waals surface area contributed by atoms with Gasteiger partial charge in [0, 0.05) is 24.2 Å². The van der Waals surface area contributed by atoms with E-state index in [0.29, 0.717) is 23.7 Å². The normalized spacial score (nSPS) is 14.7. The molecule has 2 amide bonds. The molecular weight excluding hydrogens is 352 g/mol. The van der Waals surface area contributed by atoms with Crippen LogP contribution in [-0.2, 0) is 6.42 Å². The smallest absolute Gasteiger partial charge is 0.253 e. The highest BCUT2D eigenvalue weighted by Gasteiger charge is 2.23. The lowest BCUT2D eigenvalue weighted by molar-refractivity contribution is 0.0686. The summed E-state index contributed by atoms with van der Waals surface area (Å²) < 4.78 is 5.48. The van der Waals surface area contributed by atoms with Crippen molar-refractivity contribution in [3.63, 3.8) is 0 Å². The van der Waals surface area contributed by atoms with E-state index >= 15 is 0 Å². The van der Waals surface area contributed by atoms with Crippen molar-refractivity contribution in [2.24, 2.45) is 11.7 Å². The number of hydrogen-bond acceptors (Lipinski definition) is 3. The number of carbonyl (C=O) groups excluding carboxylic acids is 2. The lowest BCUT2D eigenvalue weighted by atomic mass is 9.90. The number of likely N-dealkylation sites (tertiary alicyclic amines) is 1. The van der Waals surface area contributed by atoms with Crippen molar-refractivity contribution < 1.29 is 14.3 Å². The molecule has 2 N–H and O–H groups in total. The molecule has 1 heterocycles. The standard InChI is InChI=1S/C23H28N2O3/c1-2-28-21-11-5-17(6-12-21)3-4-18-13-15-25(16-14-18)23(27)20-9-7-19(8-10-20)22(24)26/h5-12,18H,2-4,13-16H2,1H3,(H2,24,26). The Hall–Kier alpha value is -2.82. The molecule has 2 aromatic carbocycles. The average molecular weight is 380 g/mol. The molecular formula is C23H28N2O3. The third-order valence-corrected chi connectivity index (χ3v) is 5.39. The first-order valence-electron chi connectivity index (χ1n) is 9.97. The summed E-state index contributed by atoms with van der Waals surface area (Å²) >= 11 is 0. The lowest BCUT2D eigenvalue weighted by Gasteiger charge is -2.32. The Morgan fingerprint density at radius 1 is 1.00 bits per heavy atom. The van der Waals surface area contributed by atoms with E-state index in [2.05, 4.69) is 12.1 Å². The zero-order valence-corrected chi connectivity index (χ0v) is 16.4. The van der Waals surface area contributed by atoms with Gasteiger partial charge in [0.05, 0.1) is 6.61 Å². The summed E-state index contributed by atoms with van der Waals surface area (Å²) in [4.78, 5) is 25.7. The van der Waals surface area contributed by atoms with Gasteiger partial charge in [-0.2, -0.15) is 0 Å². The summed E-state index contributed by atoms with van der Waals surface area (Å²) in [6.45, 7) is 4.24. The number of amides is 2. The maximum atomic E-state index is 12.6. The van der Waals surface area contributed by atoms with Crippen molar-refractivity contribution in [2.75, 3.05) is 19.7 Å². The Morgan fingerprint density at radius 2 is 1.61 bits per heavy atom. The number of piperidine rings is 1. The molecule has 3 rings (SSSR count). The molecule has 0 radical (unpaired) electrons. The fourth-order valence-electron chi connectivity index (χ4n) is 3.67. The molecule has 0 aliphatic carbocycles. The highest BCUT2D eigenvalue weighted by atomic mass is 16.5.